The van der Waals surface area contributed by atoms with Gasteiger partial charge in [-0.05, 0) is 38.3 Å². The van der Waals surface area contributed by atoms with E-state index >= 15 is 0 Å². The van der Waals surface area contributed by atoms with E-state index in [0.717, 1.165) is 13.0 Å². The molecule has 17 heavy (non-hydrogen) atoms. The van der Waals surface area contributed by atoms with Gasteiger partial charge in [0, 0.05) is 6.54 Å². The fraction of sp³-hybridized carbons (Fsp3) is 0.929. The molecule has 1 saturated carbocycles. The Morgan fingerprint density at radius 3 is 2.18 bits per heavy atom. The topological polar surface area (TPSA) is 29.5 Å². The Morgan fingerprint density at radius 1 is 1.29 bits per heavy atom. The summed E-state index contributed by atoms with van der Waals surface area (Å²) in [5.41, 5.74) is -0.0882. The molecule has 0 aromatic heterocycles. The van der Waals surface area contributed by atoms with Gasteiger partial charge in [-0.2, -0.15) is 0 Å². The summed E-state index contributed by atoms with van der Waals surface area (Å²) >= 11 is 0. The van der Waals surface area contributed by atoms with Gasteiger partial charge < -0.3 is 9.64 Å². The fourth-order valence-corrected chi connectivity index (χ4v) is 2.53. The molecule has 2 unspecified atom stereocenters. The minimum Gasteiger partial charge on any atom is -0.464 e. The van der Waals surface area contributed by atoms with Crippen LogP contribution in [0.4, 0.5) is 0 Å². The van der Waals surface area contributed by atoms with E-state index in [1.807, 2.05) is 25.9 Å². The lowest BCUT2D eigenvalue weighted by Gasteiger charge is -2.31. The first-order valence-electron chi connectivity index (χ1n) is 6.36. The smallest absolute Gasteiger partial charge is 0.312 e. The number of carbonyl (C=O) groups excluding carboxylic acids is 1. The molecule has 1 fully saturated rings. The predicted molar refractivity (Wildman–Crippen MR) is 69.8 cm³/mol. The van der Waals surface area contributed by atoms with Crippen LogP contribution in [0, 0.1) is 16.2 Å². The summed E-state index contributed by atoms with van der Waals surface area (Å²) in [6.07, 6.45) is 0.935. The quantitative estimate of drug-likeness (QED) is 0.708. The molecule has 2 atom stereocenters. The summed E-state index contributed by atoms with van der Waals surface area (Å²) < 4.78 is 5.39. The third-order valence-electron chi connectivity index (χ3n) is 4.68. The molecular weight excluding hydrogens is 214 g/mol. The molecule has 0 saturated heterocycles. The molecule has 0 amide bonds. The van der Waals surface area contributed by atoms with Gasteiger partial charge in [0.05, 0.1) is 5.41 Å². The molecule has 0 N–H and O–H groups in total. The standard InChI is InChI=1S/C14H27NO2/c1-12(2,3)14(5)10-13(14,4)11(16)17-9-8-15(6)7/h8-10H2,1-7H3. The van der Waals surface area contributed by atoms with Crippen molar-refractivity contribution in [3.05, 3.63) is 0 Å². The van der Waals surface area contributed by atoms with Crippen molar-refractivity contribution in [2.45, 2.75) is 41.0 Å². The highest BCUT2D eigenvalue weighted by Gasteiger charge is 2.71. The highest BCUT2D eigenvalue weighted by atomic mass is 16.5. The molecule has 0 spiro atoms. The lowest BCUT2D eigenvalue weighted by Crippen LogP contribution is -2.31. The number of esters is 1. The molecule has 0 aromatic rings. The molecule has 1 aliphatic carbocycles. The number of ether oxygens (including phenoxy) is 1. The number of hydrogen-bond acceptors (Lipinski definition) is 3. The van der Waals surface area contributed by atoms with Crippen LogP contribution in [0.5, 0.6) is 0 Å². The van der Waals surface area contributed by atoms with Crippen LogP contribution in [0.1, 0.15) is 41.0 Å². The number of rotatable bonds is 4. The van der Waals surface area contributed by atoms with Crippen molar-refractivity contribution in [3.63, 3.8) is 0 Å². The average molecular weight is 241 g/mol. The van der Waals surface area contributed by atoms with Crippen molar-refractivity contribution < 1.29 is 9.53 Å². The molecule has 1 rings (SSSR count). The van der Waals surface area contributed by atoms with Crippen molar-refractivity contribution in [1.29, 1.82) is 0 Å². The third kappa shape index (κ3) is 2.49. The molecule has 1 aliphatic rings. The fourth-order valence-electron chi connectivity index (χ4n) is 2.53. The molecule has 0 aliphatic heterocycles. The van der Waals surface area contributed by atoms with Crippen molar-refractivity contribution >= 4 is 5.97 Å². The van der Waals surface area contributed by atoms with Gasteiger partial charge in [0.15, 0.2) is 0 Å². The predicted octanol–water partition coefficient (Wildman–Crippen LogP) is 2.55. The monoisotopic (exact) mass is 241 g/mol. The molecule has 3 heteroatoms. The second kappa shape index (κ2) is 4.27. The Labute approximate surface area is 106 Å². The highest BCUT2D eigenvalue weighted by Crippen LogP contribution is 2.71. The van der Waals surface area contributed by atoms with E-state index in [9.17, 15) is 4.79 Å². The zero-order valence-electron chi connectivity index (χ0n) is 12.4. The zero-order chi connectivity index (χ0) is 13.5. The Balaban J connectivity index is 2.55. The van der Waals surface area contributed by atoms with Crippen LogP contribution in [0.15, 0.2) is 0 Å². The Kier molecular flexibility index (Phi) is 3.64. The van der Waals surface area contributed by atoms with Crippen molar-refractivity contribution in [2.24, 2.45) is 16.2 Å². The first kappa shape index (κ1) is 14.5. The maximum atomic E-state index is 12.1. The lowest BCUT2D eigenvalue weighted by molar-refractivity contribution is -0.152. The van der Waals surface area contributed by atoms with E-state index in [4.69, 9.17) is 4.74 Å². The number of hydrogen-bond donors (Lipinski definition) is 0. The highest BCUT2D eigenvalue weighted by molar-refractivity contribution is 5.81. The molecule has 100 valence electrons. The summed E-state index contributed by atoms with van der Waals surface area (Å²) in [7, 11) is 3.96. The molecule has 3 nitrogen and oxygen atoms in total. The third-order valence-corrected chi connectivity index (χ3v) is 4.68. The van der Waals surface area contributed by atoms with Gasteiger partial charge in [0.2, 0.25) is 0 Å². The molecule has 0 radical (unpaired) electrons. The Bertz CT molecular complexity index is 306. The van der Waals surface area contributed by atoms with E-state index in [1.165, 1.54) is 0 Å². The van der Waals surface area contributed by atoms with E-state index in [0.29, 0.717) is 6.61 Å². The van der Waals surface area contributed by atoms with Gasteiger partial charge in [-0.1, -0.05) is 27.7 Å². The van der Waals surface area contributed by atoms with Crippen LogP contribution in [0.2, 0.25) is 0 Å². The van der Waals surface area contributed by atoms with Crippen LogP contribution in [0.3, 0.4) is 0 Å². The van der Waals surface area contributed by atoms with Crippen molar-refractivity contribution in [2.75, 3.05) is 27.2 Å². The van der Waals surface area contributed by atoms with Crippen LogP contribution in [0.25, 0.3) is 0 Å². The first-order chi connectivity index (χ1) is 7.54. The Morgan fingerprint density at radius 2 is 1.82 bits per heavy atom. The summed E-state index contributed by atoms with van der Waals surface area (Å²) in [6.45, 7) is 12.1. The van der Waals surface area contributed by atoms with Gasteiger partial charge in [-0.25, -0.2) is 0 Å². The molecule has 0 bridgehead atoms. The maximum absolute atomic E-state index is 12.1. The lowest BCUT2D eigenvalue weighted by atomic mass is 9.74. The van der Waals surface area contributed by atoms with Gasteiger partial charge in [-0.3, -0.25) is 4.79 Å². The summed E-state index contributed by atoms with van der Waals surface area (Å²) in [5, 5.41) is 0. The minimum atomic E-state index is -0.294. The van der Waals surface area contributed by atoms with Gasteiger partial charge >= 0.3 is 5.97 Å². The number of carbonyl (C=O) groups is 1. The second-order valence-corrected chi connectivity index (χ2v) is 7.03. The van der Waals surface area contributed by atoms with Crippen molar-refractivity contribution in [1.82, 2.24) is 4.90 Å². The zero-order valence-corrected chi connectivity index (χ0v) is 12.4. The van der Waals surface area contributed by atoms with Crippen LogP contribution >= 0.6 is 0 Å². The largest absolute Gasteiger partial charge is 0.464 e. The van der Waals surface area contributed by atoms with Crippen LogP contribution in [-0.2, 0) is 9.53 Å². The molecule has 0 heterocycles. The van der Waals surface area contributed by atoms with Crippen LogP contribution < -0.4 is 0 Å². The second-order valence-electron chi connectivity index (χ2n) is 7.03. The summed E-state index contributed by atoms with van der Waals surface area (Å²) in [4.78, 5) is 14.1. The molecule has 0 aromatic carbocycles. The summed E-state index contributed by atoms with van der Waals surface area (Å²) in [6, 6.07) is 0. The van der Waals surface area contributed by atoms with Crippen molar-refractivity contribution in [3.8, 4) is 0 Å². The molecular formula is C14H27NO2. The van der Waals surface area contributed by atoms with E-state index in [-0.39, 0.29) is 22.2 Å². The summed E-state index contributed by atoms with van der Waals surface area (Å²) in [5.74, 6) is -0.0308. The van der Waals surface area contributed by atoms with Gasteiger partial charge in [-0.15, -0.1) is 0 Å². The van der Waals surface area contributed by atoms with Crippen LogP contribution in [-0.4, -0.2) is 38.1 Å². The van der Waals surface area contributed by atoms with E-state index < -0.39 is 0 Å². The number of nitrogens with zero attached hydrogens (tertiary/aromatic N) is 1. The maximum Gasteiger partial charge on any atom is 0.312 e. The average Bonchev–Trinajstić information content (AvgIpc) is 2.71. The van der Waals surface area contributed by atoms with E-state index in [2.05, 4.69) is 27.7 Å². The number of likely N-dealkylation sites (N-methyl/N-ethyl adjacent to an activating group) is 1. The Hall–Kier alpha value is -0.570. The van der Waals surface area contributed by atoms with E-state index in [1.54, 1.807) is 0 Å². The van der Waals surface area contributed by atoms with Gasteiger partial charge in [0.25, 0.3) is 0 Å². The minimum absolute atomic E-state index is 0.0308. The SMILES string of the molecule is CN(C)CCOC(=O)C1(C)CC1(C)C(C)(C)C. The first-order valence-corrected chi connectivity index (χ1v) is 6.36. The van der Waals surface area contributed by atoms with Gasteiger partial charge in [0.1, 0.15) is 6.61 Å². The normalized spacial score (nSPS) is 32.7.